The molecule has 0 bridgehead atoms. The van der Waals surface area contributed by atoms with E-state index in [4.69, 9.17) is 5.11 Å². The number of aliphatic carboxylic acids is 1. The smallest absolute Gasteiger partial charge is 0.303 e. The molecule has 0 fully saturated rings. The summed E-state index contributed by atoms with van der Waals surface area (Å²) in [4.78, 5) is 22.5. The van der Waals surface area contributed by atoms with Crippen molar-refractivity contribution in [1.82, 2.24) is 10.6 Å². The fourth-order valence-corrected chi connectivity index (χ4v) is 2.05. The molecule has 1 unspecified atom stereocenters. The first-order valence-corrected chi connectivity index (χ1v) is 7.33. The van der Waals surface area contributed by atoms with Crippen LogP contribution in [0.25, 0.3) is 0 Å². The van der Waals surface area contributed by atoms with Crippen LogP contribution < -0.4 is 10.6 Å². The molecule has 0 saturated carbocycles. The number of carbonyl (C=O) groups excluding carboxylic acids is 1. The largest absolute Gasteiger partial charge is 0.481 e. The second-order valence-corrected chi connectivity index (χ2v) is 6.82. The Kier molecular flexibility index (Phi) is 8.46. The molecule has 1 amide bonds. The zero-order valence-corrected chi connectivity index (χ0v) is 13.5. The molecule has 0 aromatic carbocycles. The molecular formula is C15H30N2O3. The molecule has 1 atom stereocenters. The van der Waals surface area contributed by atoms with Gasteiger partial charge in [0.25, 0.3) is 0 Å². The number of hydrogen-bond donors (Lipinski definition) is 3. The summed E-state index contributed by atoms with van der Waals surface area (Å²) in [5.74, 6) is -0.397. The molecule has 0 heterocycles. The predicted octanol–water partition coefficient (Wildman–Crippen LogP) is 2.02. The molecule has 5 heteroatoms. The highest BCUT2D eigenvalue weighted by Gasteiger charge is 2.16. The van der Waals surface area contributed by atoms with Gasteiger partial charge in [-0.25, -0.2) is 0 Å². The third-order valence-corrected chi connectivity index (χ3v) is 2.86. The zero-order chi connectivity index (χ0) is 15.8. The molecule has 0 aromatic rings. The summed E-state index contributed by atoms with van der Waals surface area (Å²) in [7, 11) is 0. The number of rotatable bonds is 9. The molecular weight excluding hydrogens is 256 g/mol. The van der Waals surface area contributed by atoms with Gasteiger partial charge < -0.3 is 15.7 Å². The Morgan fingerprint density at radius 1 is 1.20 bits per heavy atom. The molecule has 20 heavy (non-hydrogen) atoms. The zero-order valence-electron chi connectivity index (χ0n) is 13.5. The van der Waals surface area contributed by atoms with Gasteiger partial charge >= 0.3 is 5.97 Å². The SMILES string of the molecule is CC(C)CC(CNC(=O)CCNC(C)(C)C)CC(=O)O. The Morgan fingerprint density at radius 3 is 2.25 bits per heavy atom. The van der Waals surface area contributed by atoms with Crippen LogP contribution in [0.5, 0.6) is 0 Å². The second kappa shape index (κ2) is 8.95. The van der Waals surface area contributed by atoms with Crippen molar-refractivity contribution < 1.29 is 14.7 Å². The van der Waals surface area contributed by atoms with E-state index in [0.717, 1.165) is 6.42 Å². The quantitative estimate of drug-likeness (QED) is 0.606. The van der Waals surface area contributed by atoms with E-state index in [1.165, 1.54) is 0 Å². The molecule has 0 aliphatic heterocycles. The van der Waals surface area contributed by atoms with E-state index in [2.05, 4.69) is 45.3 Å². The molecule has 118 valence electrons. The molecule has 0 rings (SSSR count). The average Bonchev–Trinajstić information content (AvgIpc) is 2.22. The van der Waals surface area contributed by atoms with Gasteiger partial charge in [-0.3, -0.25) is 9.59 Å². The third kappa shape index (κ3) is 12.0. The van der Waals surface area contributed by atoms with Gasteiger partial charge in [0.05, 0.1) is 0 Å². The lowest BCUT2D eigenvalue weighted by Crippen LogP contribution is -2.39. The Balaban J connectivity index is 4.01. The van der Waals surface area contributed by atoms with E-state index < -0.39 is 5.97 Å². The first kappa shape index (κ1) is 18.9. The summed E-state index contributed by atoms with van der Waals surface area (Å²) < 4.78 is 0. The number of nitrogens with one attached hydrogen (secondary N) is 2. The van der Waals surface area contributed by atoms with Crippen molar-refractivity contribution in [2.24, 2.45) is 11.8 Å². The number of carboxylic acids is 1. The first-order valence-electron chi connectivity index (χ1n) is 7.33. The van der Waals surface area contributed by atoms with Crippen molar-refractivity contribution in [1.29, 1.82) is 0 Å². The van der Waals surface area contributed by atoms with Gasteiger partial charge in [0, 0.05) is 31.5 Å². The van der Waals surface area contributed by atoms with E-state index in [1.54, 1.807) is 0 Å². The summed E-state index contributed by atoms with van der Waals surface area (Å²) in [6.07, 6.45) is 1.34. The van der Waals surface area contributed by atoms with Crippen LogP contribution in [0.15, 0.2) is 0 Å². The summed E-state index contributed by atoms with van der Waals surface area (Å²) in [6.45, 7) is 11.3. The molecule has 5 nitrogen and oxygen atoms in total. The summed E-state index contributed by atoms with van der Waals surface area (Å²) in [6, 6.07) is 0. The Morgan fingerprint density at radius 2 is 1.80 bits per heavy atom. The van der Waals surface area contributed by atoms with E-state index in [1.807, 2.05) is 0 Å². The van der Waals surface area contributed by atoms with Crippen LogP contribution in [-0.2, 0) is 9.59 Å². The number of carbonyl (C=O) groups is 2. The highest BCUT2D eigenvalue weighted by atomic mass is 16.4. The monoisotopic (exact) mass is 286 g/mol. The topological polar surface area (TPSA) is 78.4 Å². The Bertz CT molecular complexity index is 309. The Hall–Kier alpha value is -1.10. The van der Waals surface area contributed by atoms with Crippen molar-refractivity contribution in [2.45, 2.75) is 59.4 Å². The van der Waals surface area contributed by atoms with E-state index in [0.29, 0.717) is 25.4 Å². The standard InChI is InChI=1S/C15H30N2O3/c1-11(2)8-12(9-14(19)20)10-16-13(18)6-7-17-15(3,4)5/h11-12,17H,6-10H2,1-5H3,(H,16,18)(H,19,20). The fraction of sp³-hybridized carbons (Fsp3) is 0.867. The van der Waals surface area contributed by atoms with Gasteiger partial charge in [-0.15, -0.1) is 0 Å². The molecule has 0 aliphatic rings. The maximum Gasteiger partial charge on any atom is 0.303 e. The van der Waals surface area contributed by atoms with Crippen molar-refractivity contribution in [2.75, 3.05) is 13.1 Å². The van der Waals surface area contributed by atoms with Crippen LogP contribution >= 0.6 is 0 Å². The lowest BCUT2D eigenvalue weighted by molar-refractivity contribution is -0.138. The van der Waals surface area contributed by atoms with Crippen LogP contribution in [0.3, 0.4) is 0 Å². The van der Waals surface area contributed by atoms with Gasteiger partial charge in [0.15, 0.2) is 0 Å². The third-order valence-electron chi connectivity index (χ3n) is 2.86. The van der Waals surface area contributed by atoms with E-state index in [-0.39, 0.29) is 23.8 Å². The van der Waals surface area contributed by atoms with Crippen LogP contribution in [0.1, 0.15) is 53.9 Å². The predicted molar refractivity (Wildman–Crippen MR) is 80.6 cm³/mol. The minimum absolute atomic E-state index is 0.00374. The van der Waals surface area contributed by atoms with Crippen LogP contribution in [0, 0.1) is 11.8 Å². The molecule has 0 saturated heterocycles. The van der Waals surface area contributed by atoms with Crippen LogP contribution in [-0.4, -0.2) is 35.6 Å². The number of carboxylic acid groups (broad SMARTS) is 1. The van der Waals surface area contributed by atoms with Gasteiger partial charge in [-0.2, -0.15) is 0 Å². The highest BCUT2D eigenvalue weighted by molar-refractivity contribution is 5.76. The van der Waals surface area contributed by atoms with Gasteiger partial charge in [0.2, 0.25) is 5.91 Å². The maximum atomic E-state index is 11.7. The molecule has 0 aromatic heterocycles. The highest BCUT2D eigenvalue weighted by Crippen LogP contribution is 2.14. The summed E-state index contributed by atoms with van der Waals surface area (Å²) in [5.41, 5.74) is 0.00374. The minimum Gasteiger partial charge on any atom is -0.481 e. The van der Waals surface area contributed by atoms with Crippen molar-refractivity contribution in [3.05, 3.63) is 0 Å². The van der Waals surface area contributed by atoms with E-state index >= 15 is 0 Å². The first-order chi connectivity index (χ1) is 9.10. The van der Waals surface area contributed by atoms with Crippen molar-refractivity contribution >= 4 is 11.9 Å². The van der Waals surface area contributed by atoms with Crippen molar-refractivity contribution in [3.63, 3.8) is 0 Å². The molecule has 0 spiro atoms. The normalized spacial score (nSPS) is 13.3. The number of hydrogen-bond acceptors (Lipinski definition) is 3. The fourth-order valence-electron chi connectivity index (χ4n) is 2.05. The van der Waals surface area contributed by atoms with Gasteiger partial charge in [0.1, 0.15) is 0 Å². The lowest BCUT2D eigenvalue weighted by atomic mass is 9.94. The molecule has 0 radical (unpaired) electrons. The van der Waals surface area contributed by atoms with Crippen LogP contribution in [0.4, 0.5) is 0 Å². The van der Waals surface area contributed by atoms with E-state index in [9.17, 15) is 9.59 Å². The molecule has 3 N–H and O–H groups in total. The second-order valence-electron chi connectivity index (χ2n) is 6.82. The van der Waals surface area contributed by atoms with Gasteiger partial charge in [-0.05, 0) is 39.0 Å². The van der Waals surface area contributed by atoms with Crippen LogP contribution in [0.2, 0.25) is 0 Å². The molecule has 0 aliphatic carbocycles. The lowest BCUT2D eigenvalue weighted by Gasteiger charge is -2.21. The number of amides is 1. The maximum absolute atomic E-state index is 11.7. The van der Waals surface area contributed by atoms with Gasteiger partial charge in [-0.1, -0.05) is 13.8 Å². The average molecular weight is 286 g/mol. The van der Waals surface area contributed by atoms with Crippen molar-refractivity contribution in [3.8, 4) is 0 Å². The Labute approximate surface area is 122 Å². The summed E-state index contributed by atoms with van der Waals surface area (Å²) in [5, 5.41) is 15.0. The minimum atomic E-state index is -0.806. The summed E-state index contributed by atoms with van der Waals surface area (Å²) >= 11 is 0.